The van der Waals surface area contributed by atoms with E-state index in [-0.39, 0.29) is 5.91 Å². The first-order chi connectivity index (χ1) is 12.4. The van der Waals surface area contributed by atoms with Crippen molar-refractivity contribution in [3.8, 4) is 5.75 Å². The number of nitrogens with one attached hydrogen (secondary N) is 1. The molecule has 0 radical (unpaired) electrons. The van der Waals surface area contributed by atoms with E-state index in [9.17, 15) is 9.59 Å². The van der Waals surface area contributed by atoms with Gasteiger partial charge in [0, 0.05) is 17.9 Å². The van der Waals surface area contributed by atoms with E-state index < -0.39 is 12.6 Å². The Labute approximate surface area is 152 Å². The normalized spacial score (nSPS) is 10.4. The van der Waals surface area contributed by atoms with Crippen molar-refractivity contribution < 1.29 is 24.2 Å². The van der Waals surface area contributed by atoms with Gasteiger partial charge in [0.15, 0.2) is 6.61 Å². The third kappa shape index (κ3) is 5.32. The fourth-order valence-electron chi connectivity index (χ4n) is 2.60. The van der Waals surface area contributed by atoms with Gasteiger partial charge in [-0.25, -0.2) is 4.79 Å². The van der Waals surface area contributed by atoms with Gasteiger partial charge in [0.1, 0.15) is 5.75 Å². The first kappa shape index (κ1) is 19.5. The number of carbonyl (C=O) groups excluding carboxylic acids is 1. The summed E-state index contributed by atoms with van der Waals surface area (Å²) in [4.78, 5) is 23.2. The minimum Gasteiger partial charge on any atom is -0.481 e. The maximum Gasteiger partial charge on any atom is 0.341 e. The largest absolute Gasteiger partial charge is 0.481 e. The number of carbonyl (C=O) groups is 2. The molecule has 2 aromatic carbocycles. The number of aliphatic carboxylic acids is 1. The van der Waals surface area contributed by atoms with Gasteiger partial charge in [0.2, 0.25) is 0 Å². The summed E-state index contributed by atoms with van der Waals surface area (Å²) in [7, 11) is 0. The van der Waals surface area contributed by atoms with Gasteiger partial charge < -0.3 is 19.9 Å². The van der Waals surface area contributed by atoms with E-state index >= 15 is 0 Å². The molecule has 26 heavy (non-hydrogen) atoms. The molecular formula is C20H23NO5. The van der Waals surface area contributed by atoms with Crippen LogP contribution in [0.1, 0.15) is 34.0 Å². The van der Waals surface area contributed by atoms with Crippen LogP contribution >= 0.6 is 0 Å². The van der Waals surface area contributed by atoms with Crippen LogP contribution < -0.4 is 10.1 Å². The maximum absolute atomic E-state index is 12.5. The van der Waals surface area contributed by atoms with Crippen LogP contribution in [0.25, 0.3) is 0 Å². The van der Waals surface area contributed by atoms with Gasteiger partial charge in [-0.05, 0) is 61.7 Å². The van der Waals surface area contributed by atoms with Gasteiger partial charge >= 0.3 is 5.97 Å². The van der Waals surface area contributed by atoms with Crippen molar-refractivity contribution in [3.05, 3.63) is 58.7 Å². The third-order valence-corrected chi connectivity index (χ3v) is 3.72. The minimum absolute atomic E-state index is 0.241. The second-order valence-electron chi connectivity index (χ2n) is 5.91. The summed E-state index contributed by atoms with van der Waals surface area (Å²) in [6, 6.07) is 10.9. The standard InChI is InChI=1S/C20H23NO5/c1-4-25-11-15-6-5-7-17(10-15)21-20(24)16-8-13(2)19(14(3)9-16)26-12-18(22)23/h5-10H,4,11-12H2,1-3H3,(H,21,24)(H,22,23). The number of rotatable bonds is 8. The first-order valence-corrected chi connectivity index (χ1v) is 8.34. The van der Waals surface area contributed by atoms with E-state index in [1.165, 1.54) is 0 Å². The highest BCUT2D eigenvalue weighted by Gasteiger charge is 2.13. The summed E-state index contributed by atoms with van der Waals surface area (Å²) < 4.78 is 10.7. The molecule has 0 heterocycles. The summed E-state index contributed by atoms with van der Waals surface area (Å²) in [6.07, 6.45) is 0. The zero-order valence-electron chi connectivity index (χ0n) is 15.2. The van der Waals surface area contributed by atoms with Gasteiger partial charge in [0.25, 0.3) is 5.91 Å². The molecule has 2 rings (SSSR count). The number of carboxylic acid groups (broad SMARTS) is 1. The Hall–Kier alpha value is -2.86. The van der Waals surface area contributed by atoms with Crippen molar-refractivity contribution >= 4 is 17.6 Å². The predicted octanol–water partition coefficient (Wildman–Crippen LogP) is 3.56. The van der Waals surface area contributed by atoms with Crippen LogP contribution in [0.15, 0.2) is 36.4 Å². The SMILES string of the molecule is CCOCc1cccc(NC(=O)c2cc(C)c(OCC(=O)O)c(C)c2)c1. The highest BCUT2D eigenvalue weighted by Crippen LogP contribution is 2.25. The lowest BCUT2D eigenvalue weighted by atomic mass is 10.0. The van der Waals surface area contributed by atoms with Crippen molar-refractivity contribution in [2.45, 2.75) is 27.4 Å². The van der Waals surface area contributed by atoms with Crippen molar-refractivity contribution in [2.24, 2.45) is 0 Å². The summed E-state index contributed by atoms with van der Waals surface area (Å²) in [5.41, 5.74) is 3.57. The van der Waals surface area contributed by atoms with Crippen LogP contribution in [0.4, 0.5) is 5.69 Å². The van der Waals surface area contributed by atoms with Crippen molar-refractivity contribution in [2.75, 3.05) is 18.5 Å². The number of anilines is 1. The Bertz CT molecular complexity index is 778. The number of ether oxygens (including phenoxy) is 2. The molecule has 0 unspecified atom stereocenters. The molecule has 2 aromatic rings. The molecule has 0 saturated heterocycles. The zero-order chi connectivity index (χ0) is 19.1. The molecular weight excluding hydrogens is 334 g/mol. The molecule has 1 amide bonds. The molecule has 0 aliphatic heterocycles. The third-order valence-electron chi connectivity index (χ3n) is 3.72. The molecule has 0 fully saturated rings. The fourth-order valence-corrected chi connectivity index (χ4v) is 2.60. The molecule has 6 nitrogen and oxygen atoms in total. The Kier molecular flexibility index (Phi) is 6.74. The average molecular weight is 357 g/mol. The molecule has 6 heteroatoms. The molecule has 2 N–H and O–H groups in total. The monoisotopic (exact) mass is 357 g/mol. The second-order valence-corrected chi connectivity index (χ2v) is 5.91. The highest BCUT2D eigenvalue weighted by molar-refractivity contribution is 6.04. The number of hydrogen-bond acceptors (Lipinski definition) is 4. The van der Waals surface area contributed by atoms with Gasteiger partial charge in [-0.2, -0.15) is 0 Å². The van der Waals surface area contributed by atoms with Gasteiger partial charge in [-0.3, -0.25) is 4.79 Å². The van der Waals surface area contributed by atoms with E-state index in [2.05, 4.69) is 5.32 Å². The second kappa shape index (κ2) is 9.01. The van der Waals surface area contributed by atoms with Crippen LogP contribution in [0, 0.1) is 13.8 Å². The van der Waals surface area contributed by atoms with Crippen LogP contribution in [0.3, 0.4) is 0 Å². The molecule has 138 valence electrons. The van der Waals surface area contributed by atoms with E-state index in [0.29, 0.717) is 41.3 Å². The number of hydrogen-bond donors (Lipinski definition) is 2. The molecule has 0 spiro atoms. The quantitative estimate of drug-likeness (QED) is 0.755. The number of aryl methyl sites for hydroxylation is 2. The number of amides is 1. The van der Waals surface area contributed by atoms with Gasteiger partial charge in [0.05, 0.1) is 6.61 Å². The van der Waals surface area contributed by atoms with Crippen LogP contribution in [0.5, 0.6) is 5.75 Å². The summed E-state index contributed by atoms with van der Waals surface area (Å²) in [5, 5.41) is 11.6. The first-order valence-electron chi connectivity index (χ1n) is 8.34. The zero-order valence-corrected chi connectivity index (χ0v) is 15.2. The smallest absolute Gasteiger partial charge is 0.341 e. The summed E-state index contributed by atoms with van der Waals surface area (Å²) in [5.74, 6) is -0.797. The van der Waals surface area contributed by atoms with Crippen molar-refractivity contribution in [1.29, 1.82) is 0 Å². The molecule has 0 aromatic heterocycles. The minimum atomic E-state index is -1.04. The summed E-state index contributed by atoms with van der Waals surface area (Å²) >= 11 is 0. The van der Waals surface area contributed by atoms with Crippen molar-refractivity contribution in [1.82, 2.24) is 0 Å². The Morgan fingerprint density at radius 2 is 1.81 bits per heavy atom. The Morgan fingerprint density at radius 3 is 2.42 bits per heavy atom. The lowest BCUT2D eigenvalue weighted by Gasteiger charge is -2.13. The van der Waals surface area contributed by atoms with E-state index in [0.717, 1.165) is 5.56 Å². The molecule has 0 aliphatic rings. The average Bonchev–Trinajstić information content (AvgIpc) is 2.59. The van der Waals surface area contributed by atoms with E-state index in [1.807, 2.05) is 31.2 Å². The lowest BCUT2D eigenvalue weighted by Crippen LogP contribution is -2.14. The van der Waals surface area contributed by atoms with Gasteiger partial charge in [-0.15, -0.1) is 0 Å². The molecule has 0 saturated carbocycles. The van der Waals surface area contributed by atoms with E-state index in [4.69, 9.17) is 14.6 Å². The van der Waals surface area contributed by atoms with Crippen LogP contribution in [-0.4, -0.2) is 30.2 Å². The van der Waals surface area contributed by atoms with E-state index in [1.54, 1.807) is 26.0 Å². The molecule has 0 aliphatic carbocycles. The highest BCUT2D eigenvalue weighted by atomic mass is 16.5. The molecule has 0 atom stereocenters. The predicted molar refractivity (Wildman–Crippen MR) is 98.8 cm³/mol. The number of benzene rings is 2. The van der Waals surface area contributed by atoms with Crippen LogP contribution in [0.2, 0.25) is 0 Å². The maximum atomic E-state index is 12.5. The topological polar surface area (TPSA) is 84.9 Å². The molecule has 0 bridgehead atoms. The number of carboxylic acids is 1. The van der Waals surface area contributed by atoms with Crippen molar-refractivity contribution in [3.63, 3.8) is 0 Å². The Balaban J connectivity index is 2.13. The van der Waals surface area contributed by atoms with Crippen LogP contribution in [-0.2, 0) is 16.1 Å². The lowest BCUT2D eigenvalue weighted by molar-refractivity contribution is -0.139. The summed E-state index contributed by atoms with van der Waals surface area (Å²) in [6.45, 7) is 6.20. The van der Waals surface area contributed by atoms with Gasteiger partial charge in [-0.1, -0.05) is 12.1 Å². The Morgan fingerprint density at radius 1 is 1.12 bits per heavy atom. The fraction of sp³-hybridized carbons (Fsp3) is 0.300.